The van der Waals surface area contributed by atoms with E-state index < -0.39 is 0 Å². The quantitative estimate of drug-likeness (QED) is 0.795. The molecule has 0 radical (unpaired) electrons. The van der Waals surface area contributed by atoms with Crippen molar-refractivity contribution in [2.75, 3.05) is 6.54 Å². The molecule has 0 spiro atoms. The highest BCUT2D eigenvalue weighted by Gasteiger charge is 2.41. The van der Waals surface area contributed by atoms with E-state index in [4.69, 9.17) is 5.73 Å². The van der Waals surface area contributed by atoms with Crippen LogP contribution in [0.25, 0.3) is 0 Å². The number of hydrogen-bond donors (Lipinski definition) is 1. The molecule has 1 aromatic rings. The SMILES string of the molecule is CCCn1ncnc1CC(C)(CN)C1CC1. The number of hydrogen-bond acceptors (Lipinski definition) is 3. The van der Waals surface area contributed by atoms with Crippen molar-refractivity contribution in [2.24, 2.45) is 17.1 Å². The number of nitrogens with two attached hydrogens (primary N) is 1. The van der Waals surface area contributed by atoms with Gasteiger partial charge in [0.25, 0.3) is 0 Å². The zero-order valence-electron chi connectivity index (χ0n) is 10.3. The van der Waals surface area contributed by atoms with E-state index in [-0.39, 0.29) is 5.41 Å². The first-order valence-electron chi connectivity index (χ1n) is 6.26. The van der Waals surface area contributed by atoms with Crippen LogP contribution in [0.3, 0.4) is 0 Å². The molecule has 1 saturated carbocycles. The molecule has 1 atom stereocenters. The summed E-state index contributed by atoms with van der Waals surface area (Å²) in [4.78, 5) is 4.37. The Balaban J connectivity index is 2.09. The second-order valence-corrected chi connectivity index (χ2v) is 5.21. The van der Waals surface area contributed by atoms with Crippen LogP contribution in [0.4, 0.5) is 0 Å². The van der Waals surface area contributed by atoms with Gasteiger partial charge in [0, 0.05) is 13.0 Å². The van der Waals surface area contributed by atoms with Gasteiger partial charge in [-0.1, -0.05) is 13.8 Å². The molecule has 0 saturated heterocycles. The van der Waals surface area contributed by atoms with Gasteiger partial charge in [-0.25, -0.2) is 4.98 Å². The maximum Gasteiger partial charge on any atom is 0.138 e. The van der Waals surface area contributed by atoms with Crippen molar-refractivity contribution in [2.45, 2.75) is 46.1 Å². The Kier molecular flexibility index (Phi) is 3.28. The first kappa shape index (κ1) is 11.6. The van der Waals surface area contributed by atoms with Crippen LogP contribution in [0.1, 0.15) is 38.9 Å². The summed E-state index contributed by atoms with van der Waals surface area (Å²) in [7, 11) is 0. The monoisotopic (exact) mass is 222 g/mol. The third kappa shape index (κ3) is 2.26. The molecule has 0 aliphatic heterocycles. The van der Waals surface area contributed by atoms with E-state index in [0.29, 0.717) is 0 Å². The molecule has 1 aliphatic rings. The normalized spacial score (nSPS) is 19.7. The zero-order valence-corrected chi connectivity index (χ0v) is 10.3. The number of rotatable bonds is 6. The topological polar surface area (TPSA) is 56.7 Å². The van der Waals surface area contributed by atoms with Crippen molar-refractivity contribution >= 4 is 0 Å². The van der Waals surface area contributed by atoms with Crippen molar-refractivity contribution in [1.29, 1.82) is 0 Å². The summed E-state index contributed by atoms with van der Waals surface area (Å²) in [5.41, 5.74) is 6.15. The minimum absolute atomic E-state index is 0.221. The first-order valence-corrected chi connectivity index (χ1v) is 6.26. The Morgan fingerprint density at radius 3 is 2.88 bits per heavy atom. The van der Waals surface area contributed by atoms with Gasteiger partial charge in [0.05, 0.1) is 0 Å². The lowest BCUT2D eigenvalue weighted by Gasteiger charge is -2.27. The summed E-state index contributed by atoms with van der Waals surface area (Å²) in [5.74, 6) is 1.89. The first-order chi connectivity index (χ1) is 7.69. The third-order valence-electron chi connectivity index (χ3n) is 3.72. The van der Waals surface area contributed by atoms with Crippen molar-refractivity contribution in [3.8, 4) is 0 Å². The molecule has 1 unspecified atom stereocenters. The highest BCUT2D eigenvalue weighted by molar-refractivity contribution is 5.00. The van der Waals surface area contributed by atoms with Gasteiger partial charge in [0.15, 0.2) is 0 Å². The largest absolute Gasteiger partial charge is 0.330 e. The molecule has 90 valence electrons. The van der Waals surface area contributed by atoms with E-state index in [9.17, 15) is 0 Å². The molecule has 2 rings (SSSR count). The van der Waals surface area contributed by atoms with Crippen LogP contribution in [0.5, 0.6) is 0 Å². The van der Waals surface area contributed by atoms with E-state index in [1.54, 1.807) is 6.33 Å². The van der Waals surface area contributed by atoms with Crippen molar-refractivity contribution in [3.63, 3.8) is 0 Å². The Bertz CT molecular complexity index is 343. The fourth-order valence-electron chi connectivity index (χ4n) is 2.35. The van der Waals surface area contributed by atoms with E-state index in [1.807, 2.05) is 4.68 Å². The van der Waals surface area contributed by atoms with Crippen LogP contribution in [0.2, 0.25) is 0 Å². The lowest BCUT2D eigenvalue weighted by molar-refractivity contribution is 0.270. The summed E-state index contributed by atoms with van der Waals surface area (Å²) in [6.45, 7) is 6.15. The molecule has 1 aliphatic carbocycles. The molecular formula is C12H22N4. The van der Waals surface area contributed by atoms with Gasteiger partial charge in [-0.2, -0.15) is 5.10 Å². The molecule has 1 aromatic heterocycles. The predicted octanol–water partition coefficient (Wildman–Crippen LogP) is 1.61. The number of aryl methyl sites for hydroxylation is 1. The lowest BCUT2D eigenvalue weighted by atomic mass is 9.81. The van der Waals surface area contributed by atoms with Crippen molar-refractivity contribution < 1.29 is 0 Å². The van der Waals surface area contributed by atoms with Gasteiger partial charge >= 0.3 is 0 Å². The lowest BCUT2D eigenvalue weighted by Crippen LogP contribution is -2.33. The molecular weight excluding hydrogens is 200 g/mol. The predicted molar refractivity (Wildman–Crippen MR) is 63.9 cm³/mol. The van der Waals surface area contributed by atoms with Crippen LogP contribution in [-0.4, -0.2) is 21.3 Å². The average Bonchev–Trinajstić information content (AvgIpc) is 3.05. The molecule has 1 fully saturated rings. The minimum atomic E-state index is 0.221. The van der Waals surface area contributed by atoms with E-state index in [2.05, 4.69) is 23.9 Å². The summed E-state index contributed by atoms with van der Waals surface area (Å²) in [6.07, 6.45) is 6.38. The maximum absolute atomic E-state index is 5.93. The highest BCUT2D eigenvalue weighted by atomic mass is 15.3. The van der Waals surface area contributed by atoms with Crippen molar-refractivity contribution in [1.82, 2.24) is 14.8 Å². The fourth-order valence-corrected chi connectivity index (χ4v) is 2.35. The summed E-state index contributed by atoms with van der Waals surface area (Å²) in [6, 6.07) is 0. The van der Waals surface area contributed by atoms with Gasteiger partial charge in [-0.15, -0.1) is 0 Å². The zero-order chi connectivity index (χ0) is 11.6. The molecule has 0 aromatic carbocycles. The fraction of sp³-hybridized carbons (Fsp3) is 0.833. The second-order valence-electron chi connectivity index (χ2n) is 5.21. The second kappa shape index (κ2) is 4.53. The molecule has 16 heavy (non-hydrogen) atoms. The summed E-state index contributed by atoms with van der Waals surface area (Å²) < 4.78 is 2.02. The van der Waals surface area contributed by atoms with Crippen LogP contribution in [0, 0.1) is 11.3 Å². The maximum atomic E-state index is 5.93. The average molecular weight is 222 g/mol. The Morgan fingerprint density at radius 2 is 2.31 bits per heavy atom. The highest BCUT2D eigenvalue weighted by Crippen LogP contribution is 2.46. The molecule has 4 heteroatoms. The molecule has 0 bridgehead atoms. The summed E-state index contributed by atoms with van der Waals surface area (Å²) in [5, 5.41) is 4.27. The molecule has 0 amide bonds. The van der Waals surface area contributed by atoms with Gasteiger partial charge in [0.1, 0.15) is 12.2 Å². The van der Waals surface area contributed by atoms with E-state index >= 15 is 0 Å². The van der Waals surface area contributed by atoms with Crippen LogP contribution in [-0.2, 0) is 13.0 Å². The molecule has 2 N–H and O–H groups in total. The van der Waals surface area contributed by atoms with Gasteiger partial charge in [0.2, 0.25) is 0 Å². The van der Waals surface area contributed by atoms with Crippen molar-refractivity contribution in [3.05, 3.63) is 12.2 Å². The number of aromatic nitrogens is 3. The Labute approximate surface area is 97.2 Å². The smallest absolute Gasteiger partial charge is 0.138 e. The van der Waals surface area contributed by atoms with Gasteiger partial charge in [-0.05, 0) is 37.1 Å². The Hall–Kier alpha value is -0.900. The van der Waals surface area contributed by atoms with Crippen LogP contribution < -0.4 is 5.73 Å². The molecule has 4 nitrogen and oxygen atoms in total. The van der Waals surface area contributed by atoms with E-state index in [0.717, 1.165) is 37.7 Å². The minimum Gasteiger partial charge on any atom is -0.330 e. The van der Waals surface area contributed by atoms with Gasteiger partial charge in [-0.3, -0.25) is 4.68 Å². The van der Waals surface area contributed by atoms with Crippen LogP contribution in [0.15, 0.2) is 6.33 Å². The van der Waals surface area contributed by atoms with Gasteiger partial charge < -0.3 is 5.73 Å². The number of nitrogens with zero attached hydrogens (tertiary/aromatic N) is 3. The van der Waals surface area contributed by atoms with Crippen LogP contribution >= 0.6 is 0 Å². The Morgan fingerprint density at radius 1 is 1.56 bits per heavy atom. The van der Waals surface area contributed by atoms with E-state index in [1.165, 1.54) is 12.8 Å². The summed E-state index contributed by atoms with van der Waals surface area (Å²) >= 11 is 0. The molecule has 1 heterocycles. The standard InChI is InChI=1S/C12H22N4/c1-3-6-16-11(14-9-15-16)7-12(2,8-13)10-4-5-10/h9-10H,3-8,13H2,1-2H3. The third-order valence-corrected chi connectivity index (χ3v) is 3.72.